The van der Waals surface area contributed by atoms with Crippen LogP contribution in [-0.4, -0.2) is 21.9 Å². The van der Waals surface area contributed by atoms with Crippen molar-refractivity contribution in [1.29, 1.82) is 0 Å². The van der Waals surface area contributed by atoms with Crippen LogP contribution in [0.15, 0.2) is 28.0 Å². The molecule has 4 heteroatoms. The Hall–Kier alpha value is -2.10. The van der Waals surface area contributed by atoms with Gasteiger partial charge in [-0.2, -0.15) is 0 Å². The predicted molar refractivity (Wildman–Crippen MR) is 113 cm³/mol. The van der Waals surface area contributed by atoms with Crippen LogP contribution in [0.25, 0.3) is 10.9 Å². The fraction of sp³-hybridized carbons (Fsp3) is 0.565. The van der Waals surface area contributed by atoms with Gasteiger partial charge in [-0.3, -0.25) is 9.79 Å². The van der Waals surface area contributed by atoms with Gasteiger partial charge in [-0.1, -0.05) is 52.0 Å². The molecule has 0 unspecified atom stereocenters. The van der Waals surface area contributed by atoms with Crippen molar-refractivity contribution in [1.82, 2.24) is 4.57 Å². The Morgan fingerprint density at radius 3 is 2.67 bits per heavy atom. The second-order valence-electron chi connectivity index (χ2n) is 7.70. The molecule has 146 valence electrons. The van der Waals surface area contributed by atoms with E-state index in [2.05, 4.69) is 18.8 Å². The second-order valence-corrected chi connectivity index (χ2v) is 7.70. The molecule has 3 rings (SSSR count). The van der Waals surface area contributed by atoms with Gasteiger partial charge in [-0.15, -0.1) is 0 Å². The second kappa shape index (κ2) is 9.20. The highest BCUT2D eigenvalue weighted by atomic mass is 16.3. The highest BCUT2D eigenvalue weighted by Gasteiger charge is 2.17. The first kappa shape index (κ1) is 19.7. The molecule has 0 amide bonds. The minimum absolute atomic E-state index is 0.0731. The minimum atomic E-state index is -0.121. The lowest BCUT2D eigenvalue weighted by atomic mass is 9.96. The molecule has 0 saturated heterocycles. The summed E-state index contributed by atoms with van der Waals surface area (Å²) in [6.45, 7) is 4.95. The molecule has 0 spiro atoms. The third-order valence-corrected chi connectivity index (χ3v) is 5.72. The largest absolute Gasteiger partial charge is 0.506 e. The summed E-state index contributed by atoms with van der Waals surface area (Å²) in [6, 6.07) is 6.30. The standard InChI is InChI=1S/C23H32N2O2/c1-3-5-9-14-25-21-15-17(4-2)12-13-19(21)22(26)20(23(25)27)16-24-18-10-7-6-8-11-18/h12-13,15-16,18,26H,3-11,14H2,1-2H3. The SMILES string of the molecule is CCCCCn1c(=O)c(C=NC2CCCCC2)c(O)c2ccc(CC)cc21. The van der Waals surface area contributed by atoms with Gasteiger partial charge in [-0.05, 0) is 43.4 Å². The van der Waals surface area contributed by atoms with Gasteiger partial charge < -0.3 is 9.67 Å². The molecule has 4 nitrogen and oxygen atoms in total. The van der Waals surface area contributed by atoms with E-state index in [9.17, 15) is 9.90 Å². The molecular weight excluding hydrogens is 336 g/mol. The van der Waals surface area contributed by atoms with Gasteiger partial charge in [0.1, 0.15) is 11.3 Å². The highest BCUT2D eigenvalue weighted by molar-refractivity contribution is 5.95. The Balaban J connectivity index is 2.07. The van der Waals surface area contributed by atoms with E-state index in [1.165, 1.54) is 24.8 Å². The molecule has 1 saturated carbocycles. The quantitative estimate of drug-likeness (QED) is 0.539. The molecule has 0 bridgehead atoms. The lowest BCUT2D eigenvalue weighted by Crippen LogP contribution is -2.25. The number of unbranched alkanes of at least 4 members (excludes halogenated alkanes) is 2. The fourth-order valence-corrected chi connectivity index (χ4v) is 3.99. The van der Waals surface area contributed by atoms with Crippen molar-refractivity contribution in [3.05, 3.63) is 39.7 Å². The monoisotopic (exact) mass is 368 g/mol. The molecule has 1 fully saturated rings. The van der Waals surface area contributed by atoms with Gasteiger partial charge in [0.15, 0.2) is 0 Å². The van der Waals surface area contributed by atoms with Crippen molar-refractivity contribution in [3.63, 3.8) is 0 Å². The van der Waals surface area contributed by atoms with E-state index < -0.39 is 0 Å². The molecule has 1 aliphatic rings. The topological polar surface area (TPSA) is 54.6 Å². The van der Waals surface area contributed by atoms with Crippen molar-refractivity contribution in [2.45, 2.75) is 84.2 Å². The fourth-order valence-electron chi connectivity index (χ4n) is 3.99. The van der Waals surface area contributed by atoms with Gasteiger partial charge in [0.2, 0.25) is 0 Å². The smallest absolute Gasteiger partial charge is 0.263 e. The Bertz CT molecular complexity index is 861. The normalized spacial score (nSPS) is 15.8. The lowest BCUT2D eigenvalue weighted by Gasteiger charge is -2.18. The van der Waals surface area contributed by atoms with E-state index in [4.69, 9.17) is 0 Å². The van der Waals surface area contributed by atoms with Crippen molar-refractivity contribution >= 4 is 17.1 Å². The maximum Gasteiger partial charge on any atom is 0.263 e. The van der Waals surface area contributed by atoms with Crippen LogP contribution in [0.2, 0.25) is 0 Å². The molecule has 27 heavy (non-hydrogen) atoms. The number of pyridine rings is 1. The van der Waals surface area contributed by atoms with Gasteiger partial charge in [0.05, 0.1) is 5.52 Å². The molecule has 1 aliphatic carbocycles. The van der Waals surface area contributed by atoms with Crippen molar-refractivity contribution < 1.29 is 5.11 Å². The molecule has 1 aromatic carbocycles. The van der Waals surface area contributed by atoms with E-state index in [1.54, 1.807) is 6.21 Å². The maximum atomic E-state index is 13.2. The van der Waals surface area contributed by atoms with Crippen LogP contribution in [0.3, 0.4) is 0 Å². The summed E-state index contributed by atoms with van der Waals surface area (Å²) < 4.78 is 1.84. The first-order valence-electron chi connectivity index (χ1n) is 10.6. The van der Waals surface area contributed by atoms with E-state index in [0.29, 0.717) is 12.1 Å². The number of aliphatic imine (C=N–C) groups is 1. The lowest BCUT2D eigenvalue weighted by molar-refractivity contribution is 0.444. The van der Waals surface area contributed by atoms with Gasteiger partial charge in [0, 0.05) is 24.2 Å². The van der Waals surface area contributed by atoms with Crippen LogP contribution in [0, 0.1) is 0 Å². The highest BCUT2D eigenvalue weighted by Crippen LogP contribution is 2.28. The summed E-state index contributed by atoms with van der Waals surface area (Å²) >= 11 is 0. The summed E-state index contributed by atoms with van der Waals surface area (Å²) in [5.74, 6) is 0.0731. The Labute approximate surface area is 161 Å². The maximum absolute atomic E-state index is 13.2. The zero-order valence-corrected chi connectivity index (χ0v) is 16.7. The number of hydrogen-bond acceptors (Lipinski definition) is 3. The van der Waals surface area contributed by atoms with Crippen LogP contribution >= 0.6 is 0 Å². The van der Waals surface area contributed by atoms with E-state index in [1.807, 2.05) is 22.8 Å². The van der Waals surface area contributed by atoms with Gasteiger partial charge in [0.25, 0.3) is 5.56 Å². The Kier molecular flexibility index (Phi) is 6.70. The Morgan fingerprint density at radius 1 is 1.19 bits per heavy atom. The average molecular weight is 369 g/mol. The van der Waals surface area contributed by atoms with Gasteiger partial charge in [-0.25, -0.2) is 0 Å². The summed E-state index contributed by atoms with van der Waals surface area (Å²) in [7, 11) is 0. The number of aromatic nitrogens is 1. The number of benzene rings is 1. The number of hydrogen-bond donors (Lipinski definition) is 1. The van der Waals surface area contributed by atoms with E-state index >= 15 is 0 Å². The minimum Gasteiger partial charge on any atom is -0.506 e. The first-order chi connectivity index (χ1) is 13.2. The summed E-state index contributed by atoms with van der Waals surface area (Å²) in [4.78, 5) is 17.8. The molecule has 0 atom stereocenters. The average Bonchev–Trinajstić information content (AvgIpc) is 2.70. The van der Waals surface area contributed by atoms with Crippen LogP contribution in [0.1, 0.15) is 76.3 Å². The van der Waals surface area contributed by atoms with Gasteiger partial charge >= 0.3 is 0 Å². The zero-order valence-electron chi connectivity index (χ0n) is 16.7. The predicted octanol–water partition coefficient (Wildman–Crippen LogP) is 5.21. The van der Waals surface area contributed by atoms with Crippen LogP contribution in [0.4, 0.5) is 0 Å². The number of rotatable bonds is 7. The molecule has 2 aromatic rings. The van der Waals surface area contributed by atoms with E-state index in [-0.39, 0.29) is 17.4 Å². The summed E-state index contributed by atoms with van der Waals surface area (Å²) in [5, 5.41) is 11.6. The Morgan fingerprint density at radius 2 is 1.96 bits per heavy atom. The van der Waals surface area contributed by atoms with Crippen molar-refractivity contribution in [2.24, 2.45) is 4.99 Å². The molecule has 0 aliphatic heterocycles. The zero-order chi connectivity index (χ0) is 19.2. The number of fused-ring (bicyclic) bond motifs is 1. The number of aryl methyl sites for hydroxylation is 2. The first-order valence-corrected chi connectivity index (χ1v) is 10.6. The van der Waals surface area contributed by atoms with E-state index in [0.717, 1.165) is 49.4 Å². The number of aromatic hydroxyl groups is 1. The third-order valence-electron chi connectivity index (χ3n) is 5.72. The molecule has 0 radical (unpaired) electrons. The van der Waals surface area contributed by atoms with Crippen molar-refractivity contribution in [3.8, 4) is 5.75 Å². The molecule has 1 N–H and O–H groups in total. The van der Waals surface area contributed by atoms with Crippen LogP contribution < -0.4 is 5.56 Å². The summed E-state index contributed by atoms with van der Waals surface area (Å²) in [5.41, 5.74) is 2.23. The molecule has 1 heterocycles. The van der Waals surface area contributed by atoms with Crippen LogP contribution in [-0.2, 0) is 13.0 Å². The van der Waals surface area contributed by atoms with Crippen molar-refractivity contribution in [2.75, 3.05) is 0 Å². The third kappa shape index (κ3) is 4.42. The molecule has 1 aromatic heterocycles. The molecular formula is C23H32N2O2. The van der Waals surface area contributed by atoms with Crippen LogP contribution in [0.5, 0.6) is 5.75 Å². The number of nitrogens with zero attached hydrogens (tertiary/aromatic N) is 2. The summed E-state index contributed by atoms with van der Waals surface area (Å²) in [6.07, 6.45) is 11.5.